The first-order valence-corrected chi connectivity index (χ1v) is 12.6. The molecule has 32 heavy (non-hydrogen) atoms. The fourth-order valence-electron chi connectivity index (χ4n) is 4.10. The van der Waals surface area contributed by atoms with E-state index in [1.165, 1.54) is 0 Å². The molecule has 0 saturated heterocycles. The molecule has 0 spiro atoms. The largest absolute Gasteiger partial charge is 0.487 e. The molecule has 0 unspecified atom stereocenters. The van der Waals surface area contributed by atoms with Gasteiger partial charge in [-0.1, -0.05) is 101 Å². The molecule has 0 atom stereocenters. The summed E-state index contributed by atoms with van der Waals surface area (Å²) in [5, 5.41) is 9.67. The number of benzene rings is 3. The van der Waals surface area contributed by atoms with Gasteiger partial charge >= 0.3 is 20.5 Å². The van der Waals surface area contributed by atoms with Gasteiger partial charge in [0.1, 0.15) is 6.10 Å². The zero-order valence-electron chi connectivity index (χ0n) is 17.6. The first-order chi connectivity index (χ1) is 15.7. The summed E-state index contributed by atoms with van der Waals surface area (Å²) < 4.78 is 11.4. The van der Waals surface area contributed by atoms with E-state index < -0.39 is 20.5 Å². The number of carbonyl (C=O) groups is 2. The molecule has 2 amide bonds. The Morgan fingerprint density at radius 3 is 1.50 bits per heavy atom. The molecule has 1 fully saturated rings. The number of hydrogen-bond acceptors (Lipinski definition) is 4. The fourth-order valence-corrected chi connectivity index (χ4v) is 7.74. The zero-order valence-corrected chi connectivity index (χ0v) is 18.6. The molecule has 1 saturated carbocycles. The van der Waals surface area contributed by atoms with Gasteiger partial charge in [0.2, 0.25) is 0 Å². The third kappa shape index (κ3) is 4.83. The van der Waals surface area contributed by atoms with Gasteiger partial charge in [0.15, 0.2) is 0 Å². The highest BCUT2D eigenvalue weighted by Crippen LogP contribution is 2.21. The van der Waals surface area contributed by atoms with E-state index in [-0.39, 0.29) is 6.10 Å². The van der Waals surface area contributed by atoms with Crippen molar-refractivity contribution in [3.8, 4) is 0 Å². The maximum Gasteiger partial charge on any atom is 0.452 e. The SMILES string of the molecule is O=C(N=NC(=O)O[Si](c1ccccc1)(c1ccccc1)c1ccccc1)OC1CCCC1. The Kier molecular flexibility index (Phi) is 6.86. The van der Waals surface area contributed by atoms with Crippen LogP contribution >= 0.6 is 0 Å². The molecule has 0 N–H and O–H groups in total. The average Bonchev–Trinajstić information content (AvgIpc) is 3.36. The molecular formula is C25H24N2O4Si. The van der Waals surface area contributed by atoms with Crippen LogP contribution in [-0.4, -0.2) is 26.6 Å². The Morgan fingerprint density at radius 1 is 0.656 bits per heavy atom. The first kappa shape index (κ1) is 21.6. The Balaban J connectivity index is 1.68. The number of hydrogen-bond donors (Lipinski definition) is 0. The van der Waals surface area contributed by atoms with E-state index in [0.29, 0.717) is 0 Å². The summed E-state index contributed by atoms with van der Waals surface area (Å²) in [5.41, 5.74) is 0. The van der Waals surface area contributed by atoms with E-state index in [9.17, 15) is 9.59 Å². The number of carbonyl (C=O) groups excluding carboxylic acids is 2. The first-order valence-electron chi connectivity index (χ1n) is 10.7. The van der Waals surface area contributed by atoms with Crippen molar-refractivity contribution >= 4 is 36.1 Å². The van der Waals surface area contributed by atoms with Crippen LogP contribution in [0.3, 0.4) is 0 Å². The van der Waals surface area contributed by atoms with Crippen molar-refractivity contribution in [1.82, 2.24) is 0 Å². The zero-order chi connectivity index (χ0) is 22.2. The van der Waals surface area contributed by atoms with Crippen LogP contribution in [0.2, 0.25) is 0 Å². The predicted octanol–water partition coefficient (Wildman–Crippen LogP) is 4.32. The summed E-state index contributed by atoms with van der Waals surface area (Å²) in [7, 11) is -3.25. The van der Waals surface area contributed by atoms with E-state index in [4.69, 9.17) is 9.16 Å². The van der Waals surface area contributed by atoms with Gasteiger partial charge in [-0.2, -0.15) is 0 Å². The smallest absolute Gasteiger partial charge is 0.452 e. The fraction of sp³-hybridized carbons (Fsp3) is 0.200. The van der Waals surface area contributed by atoms with Crippen molar-refractivity contribution in [2.75, 3.05) is 0 Å². The van der Waals surface area contributed by atoms with Crippen LogP contribution in [-0.2, 0) is 9.16 Å². The van der Waals surface area contributed by atoms with Crippen LogP contribution < -0.4 is 15.6 Å². The van der Waals surface area contributed by atoms with E-state index >= 15 is 0 Å². The van der Waals surface area contributed by atoms with Crippen molar-refractivity contribution in [3.05, 3.63) is 91.0 Å². The summed E-state index contributed by atoms with van der Waals surface area (Å²) in [6, 6.07) is 28.9. The van der Waals surface area contributed by atoms with E-state index in [1.807, 2.05) is 91.0 Å². The van der Waals surface area contributed by atoms with Crippen molar-refractivity contribution in [2.45, 2.75) is 31.8 Å². The topological polar surface area (TPSA) is 77.3 Å². The minimum Gasteiger partial charge on any atom is -0.487 e. The maximum absolute atomic E-state index is 12.9. The monoisotopic (exact) mass is 444 g/mol. The third-order valence-electron chi connectivity index (χ3n) is 5.56. The minimum atomic E-state index is -3.25. The van der Waals surface area contributed by atoms with Crippen molar-refractivity contribution in [3.63, 3.8) is 0 Å². The van der Waals surface area contributed by atoms with Gasteiger partial charge in [-0.15, -0.1) is 0 Å². The lowest BCUT2D eigenvalue weighted by Gasteiger charge is -2.31. The van der Waals surface area contributed by atoms with Crippen LogP contribution in [0.1, 0.15) is 25.7 Å². The van der Waals surface area contributed by atoms with Crippen LogP contribution in [0.25, 0.3) is 0 Å². The van der Waals surface area contributed by atoms with Crippen LogP contribution in [0.5, 0.6) is 0 Å². The molecule has 0 aromatic heterocycles. The van der Waals surface area contributed by atoms with Gasteiger partial charge in [0.25, 0.3) is 0 Å². The Hall–Kier alpha value is -3.58. The lowest BCUT2D eigenvalue weighted by atomic mass is 10.3. The highest BCUT2D eigenvalue weighted by atomic mass is 28.4. The standard InChI is InChI=1S/C25H24N2O4Si/c28-24(30-20-12-10-11-13-20)26-27-25(29)31-32(21-14-4-1-5-15-21,22-16-6-2-7-17-22)23-18-8-3-9-19-23/h1-9,14-20H,10-13H2. The molecule has 0 bridgehead atoms. The van der Waals surface area contributed by atoms with Gasteiger partial charge in [0, 0.05) is 0 Å². The molecule has 1 aliphatic rings. The van der Waals surface area contributed by atoms with Gasteiger partial charge < -0.3 is 9.16 Å². The molecule has 6 nitrogen and oxygen atoms in total. The normalized spacial score (nSPS) is 14.4. The summed E-state index contributed by atoms with van der Waals surface area (Å²) in [4.78, 5) is 24.9. The maximum atomic E-state index is 12.9. The summed E-state index contributed by atoms with van der Waals surface area (Å²) >= 11 is 0. The van der Waals surface area contributed by atoms with E-state index in [1.54, 1.807) is 0 Å². The quantitative estimate of drug-likeness (QED) is 0.334. The molecule has 0 aliphatic heterocycles. The molecule has 3 aromatic carbocycles. The molecule has 162 valence electrons. The predicted molar refractivity (Wildman–Crippen MR) is 124 cm³/mol. The van der Waals surface area contributed by atoms with Gasteiger partial charge in [-0.3, -0.25) is 0 Å². The van der Waals surface area contributed by atoms with Crippen molar-refractivity contribution in [1.29, 1.82) is 0 Å². The number of amides is 2. The lowest BCUT2D eigenvalue weighted by molar-refractivity contribution is 0.108. The number of nitrogens with zero attached hydrogens (tertiary/aromatic N) is 2. The molecule has 7 heteroatoms. The number of rotatable bonds is 5. The molecule has 3 aromatic rings. The van der Waals surface area contributed by atoms with Crippen molar-refractivity contribution < 1.29 is 18.8 Å². The van der Waals surface area contributed by atoms with Crippen LogP contribution in [0.15, 0.2) is 101 Å². The third-order valence-corrected chi connectivity index (χ3v) is 9.48. The minimum absolute atomic E-state index is 0.149. The molecule has 1 aliphatic carbocycles. The van der Waals surface area contributed by atoms with E-state index in [2.05, 4.69) is 10.2 Å². The van der Waals surface area contributed by atoms with Crippen LogP contribution in [0.4, 0.5) is 9.59 Å². The van der Waals surface area contributed by atoms with Gasteiger partial charge in [-0.25, -0.2) is 9.59 Å². The van der Waals surface area contributed by atoms with Crippen molar-refractivity contribution in [2.24, 2.45) is 10.2 Å². The molecule has 0 heterocycles. The number of ether oxygens (including phenoxy) is 1. The van der Waals surface area contributed by atoms with Gasteiger partial charge in [-0.05, 0) is 41.2 Å². The second-order valence-electron chi connectivity index (χ2n) is 7.64. The Labute approximate surface area is 188 Å². The summed E-state index contributed by atoms with van der Waals surface area (Å²) in [6.07, 6.45) is 1.75. The highest BCUT2D eigenvalue weighted by Gasteiger charge is 2.45. The van der Waals surface area contributed by atoms with Crippen LogP contribution in [0, 0.1) is 0 Å². The second kappa shape index (κ2) is 10.1. The Morgan fingerprint density at radius 2 is 1.06 bits per heavy atom. The number of azo groups is 1. The molecule has 0 radical (unpaired) electrons. The summed E-state index contributed by atoms with van der Waals surface area (Å²) in [6.45, 7) is 0. The second-order valence-corrected chi connectivity index (χ2v) is 10.9. The molecule has 4 rings (SSSR count). The van der Waals surface area contributed by atoms with Gasteiger partial charge in [0.05, 0.1) is 0 Å². The lowest BCUT2D eigenvalue weighted by Crippen LogP contribution is -2.69. The van der Waals surface area contributed by atoms with E-state index in [0.717, 1.165) is 41.2 Å². The molecular weight excluding hydrogens is 420 g/mol. The Bertz CT molecular complexity index is 972. The average molecular weight is 445 g/mol. The highest BCUT2D eigenvalue weighted by molar-refractivity contribution is 7.07. The summed E-state index contributed by atoms with van der Waals surface area (Å²) in [5.74, 6) is 0.